The first kappa shape index (κ1) is 15.1. The molecule has 3 amide bonds. The Morgan fingerprint density at radius 1 is 1.32 bits per heavy atom. The molecule has 0 atom stereocenters. The van der Waals surface area contributed by atoms with Crippen molar-refractivity contribution in [2.75, 3.05) is 19.6 Å². The second-order valence-electron chi connectivity index (χ2n) is 6.63. The maximum atomic E-state index is 12.4. The highest BCUT2D eigenvalue weighted by Gasteiger charge is 2.52. The predicted molar refractivity (Wildman–Crippen MR) is 83.3 cm³/mol. The first-order valence-electron chi connectivity index (χ1n) is 8.29. The van der Waals surface area contributed by atoms with Crippen LogP contribution in [0.1, 0.15) is 44.9 Å². The number of carbonyl (C=O) groups excluding carboxylic acids is 2. The SMILES string of the molecule is NC(=NCC1CCC1)NCCN1C(=O)NC2(CCCC2)C1=O. The Balaban J connectivity index is 1.45. The number of hydrogen-bond donors (Lipinski definition) is 3. The van der Waals surface area contributed by atoms with Crippen LogP contribution in [0.2, 0.25) is 0 Å². The van der Waals surface area contributed by atoms with E-state index in [-0.39, 0.29) is 11.9 Å². The quantitative estimate of drug-likeness (QED) is 0.392. The van der Waals surface area contributed by atoms with Gasteiger partial charge in [0.25, 0.3) is 5.91 Å². The molecule has 0 aromatic rings. The maximum absolute atomic E-state index is 12.4. The lowest BCUT2D eigenvalue weighted by molar-refractivity contribution is -0.131. The Hall–Kier alpha value is -1.79. The molecule has 122 valence electrons. The van der Waals surface area contributed by atoms with E-state index in [0.717, 1.165) is 32.2 Å². The van der Waals surface area contributed by atoms with Gasteiger partial charge in [-0.05, 0) is 31.6 Å². The molecule has 2 aliphatic carbocycles. The summed E-state index contributed by atoms with van der Waals surface area (Å²) < 4.78 is 0. The Labute approximate surface area is 130 Å². The van der Waals surface area contributed by atoms with Crippen molar-refractivity contribution in [2.45, 2.75) is 50.5 Å². The van der Waals surface area contributed by atoms with Gasteiger partial charge in [0.1, 0.15) is 5.54 Å². The number of rotatable bonds is 5. The summed E-state index contributed by atoms with van der Waals surface area (Å²) in [4.78, 5) is 30.0. The van der Waals surface area contributed by atoms with Gasteiger partial charge in [-0.15, -0.1) is 0 Å². The number of nitrogens with zero attached hydrogens (tertiary/aromatic N) is 2. The fraction of sp³-hybridized carbons (Fsp3) is 0.800. The number of amides is 3. The van der Waals surface area contributed by atoms with Gasteiger partial charge in [0.05, 0.1) is 0 Å². The molecule has 22 heavy (non-hydrogen) atoms. The highest BCUT2D eigenvalue weighted by Crippen LogP contribution is 2.34. The van der Waals surface area contributed by atoms with Crippen LogP contribution in [0.15, 0.2) is 4.99 Å². The van der Waals surface area contributed by atoms with Gasteiger partial charge < -0.3 is 16.4 Å². The van der Waals surface area contributed by atoms with Crippen molar-refractivity contribution in [1.82, 2.24) is 15.5 Å². The van der Waals surface area contributed by atoms with Gasteiger partial charge in [-0.25, -0.2) is 4.79 Å². The second kappa shape index (κ2) is 6.14. The van der Waals surface area contributed by atoms with E-state index < -0.39 is 5.54 Å². The molecular formula is C15H25N5O2. The van der Waals surface area contributed by atoms with Crippen molar-refractivity contribution in [3.8, 4) is 0 Å². The average molecular weight is 307 g/mol. The number of nitrogens with two attached hydrogens (primary N) is 1. The Morgan fingerprint density at radius 3 is 2.68 bits per heavy atom. The van der Waals surface area contributed by atoms with E-state index in [1.165, 1.54) is 24.2 Å². The number of urea groups is 1. The molecule has 0 aromatic heterocycles. The standard InChI is InChI=1S/C15H25N5O2/c16-13(18-10-11-4-3-5-11)17-8-9-20-12(21)15(19-14(20)22)6-1-2-7-15/h11H,1-10H2,(H,19,22)(H3,16,17,18). The molecule has 4 N–H and O–H groups in total. The zero-order valence-electron chi connectivity index (χ0n) is 12.9. The van der Waals surface area contributed by atoms with Crippen LogP contribution < -0.4 is 16.4 Å². The molecule has 1 spiro atoms. The number of nitrogens with one attached hydrogen (secondary N) is 2. The topological polar surface area (TPSA) is 99.8 Å². The van der Waals surface area contributed by atoms with Crippen LogP contribution in [0.3, 0.4) is 0 Å². The summed E-state index contributed by atoms with van der Waals surface area (Å²) in [6.45, 7) is 1.53. The van der Waals surface area contributed by atoms with Crippen LogP contribution >= 0.6 is 0 Å². The summed E-state index contributed by atoms with van der Waals surface area (Å²) >= 11 is 0. The fourth-order valence-electron chi connectivity index (χ4n) is 3.45. The van der Waals surface area contributed by atoms with E-state index in [2.05, 4.69) is 15.6 Å². The van der Waals surface area contributed by atoms with Crippen LogP contribution in [0.25, 0.3) is 0 Å². The molecule has 0 radical (unpaired) electrons. The lowest BCUT2D eigenvalue weighted by Crippen LogP contribution is -2.45. The van der Waals surface area contributed by atoms with Crippen molar-refractivity contribution in [2.24, 2.45) is 16.6 Å². The third kappa shape index (κ3) is 2.89. The molecule has 3 fully saturated rings. The third-order valence-electron chi connectivity index (χ3n) is 5.09. The van der Waals surface area contributed by atoms with Crippen LogP contribution in [0.5, 0.6) is 0 Å². The number of hydrogen-bond acceptors (Lipinski definition) is 3. The van der Waals surface area contributed by atoms with E-state index in [4.69, 9.17) is 5.73 Å². The highest BCUT2D eigenvalue weighted by atomic mass is 16.2. The molecular weight excluding hydrogens is 282 g/mol. The van der Waals surface area contributed by atoms with Crippen molar-refractivity contribution in [3.63, 3.8) is 0 Å². The Kier molecular flexibility index (Phi) is 4.22. The molecule has 2 saturated carbocycles. The molecule has 0 unspecified atom stereocenters. The Bertz CT molecular complexity index is 480. The number of guanidine groups is 1. The predicted octanol–water partition coefficient (Wildman–Crippen LogP) is 0.555. The van der Waals surface area contributed by atoms with Crippen LogP contribution in [0, 0.1) is 5.92 Å². The largest absolute Gasteiger partial charge is 0.370 e. The minimum absolute atomic E-state index is 0.0817. The summed E-state index contributed by atoms with van der Waals surface area (Å²) in [5.41, 5.74) is 5.18. The van der Waals surface area contributed by atoms with Crippen molar-refractivity contribution >= 4 is 17.9 Å². The summed E-state index contributed by atoms with van der Waals surface area (Å²) in [7, 11) is 0. The fourth-order valence-corrected chi connectivity index (χ4v) is 3.45. The maximum Gasteiger partial charge on any atom is 0.325 e. The number of imide groups is 1. The van der Waals surface area contributed by atoms with Gasteiger partial charge in [-0.1, -0.05) is 19.3 Å². The summed E-state index contributed by atoms with van der Waals surface area (Å²) in [6, 6.07) is -0.279. The Morgan fingerprint density at radius 2 is 2.05 bits per heavy atom. The molecule has 1 aliphatic heterocycles. The molecule has 1 heterocycles. The summed E-state index contributed by atoms with van der Waals surface area (Å²) in [6.07, 6.45) is 7.28. The number of aliphatic imine (C=N–C) groups is 1. The molecule has 7 heteroatoms. The van der Waals surface area contributed by atoms with Gasteiger partial charge in [0, 0.05) is 19.6 Å². The van der Waals surface area contributed by atoms with Gasteiger partial charge in [-0.3, -0.25) is 14.7 Å². The molecule has 1 saturated heterocycles. The molecule has 0 aromatic carbocycles. The second-order valence-corrected chi connectivity index (χ2v) is 6.63. The lowest BCUT2D eigenvalue weighted by Gasteiger charge is -2.23. The van der Waals surface area contributed by atoms with Gasteiger partial charge in [0.15, 0.2) is 5.96 Å². The highest BCUT2D eigenvalue weighted by molar-refractivity contribution is 6.07. The zero-order chi connectivity index (χ0) is 15.6. The minimum atomic E-state index is -0.624. The smallest absolute Gasteiger partial charge is 0.325 e. The first-order valence-corrected chi connectivity index (χ1v) is 8.29. The van der Waals surface area contributed by atoms with E-state index in [0.29, 0.717) is 25.0 Å². The lowest BCUT2D eigenvalue weighted by atomic mass is 9.86. The molecule has 3 rings (SSSR count). The normalized spacial score (nSPS) is 24.7. The van der Waals surface area contributed by atoms with Gasteiger partial charge >= 0.3 is 6.03 Å². The minimum Gasteiger partial charge on any atom is -0.370 e. The first-order chi connectivity index (χ1) is 10.6. The van der Waals surface area contributed by atoms with Crippen molar-refractivity contribution in [3.05, 3.63) is 0 Å². The average Bonchev–Trinajstić information content (AvgIpc) is 2.98. The summed E-state index contributed by atoms with van der Waals surface area (Å²) in [5.74, 6) is 0.991. The van der Waals surface area contributed by atoms with E-state index in [9.17, 15) is 9.59 Å². The van der Waals surface area contributed by atoms with E-state index in [1.54, 1.807) is 0 Å². The summed E-state index contributed by atoms with van der Waals surface area (Å²) in [5, 5.41) is 5.86. The van der Waals surface area contributed by atoms with Crippen molar-refractivity contribution in [1.29, 1.82) is 0 Å². The van der Waals surface area contributed by atoms with Crippen LogP contribution in [-0.2, 0) is 4.79 Å². The van der Waals surface area contributed by atoms with E-state index >= 15 is 0 Å². The van der Waals surface area contributed by atoms with Crippen LogP contribution in [0.4, 0.5) is 4.79 Å². The van der Waals surface area contributed by atoms with Crippen LogP contribution in [-0.4, -0.2) is 48.0 Å². The van der Waals surface area contributed by atoms with Gasteiger partial charge in [-0.2, -0.15) is 0 Å². The monoisotopic (exact) mass is 307 g/mol. The molecule has 3 aliphatic rings. The number of carbonyl (C=O) groups is 2. The molecule has 0 bridgehead atoms. The molecule has 7 nitrogen and oxygen atoms in total. The third-order valence-corrected chi connectivity index (χ3v) is 5.09. The van der Waals surface area contributed by atoms with Gasteiger partial charge in [0.2, 0.25) is 0 Å². The van der Waals surface area contributed by atoms with E-state index in [1.807, 2.05) is 0 Å². The van der Waals surface area contributed by atoms with Crippen molar-refractivity contribution < 1.29 is 9.59 Å². The zero-order valence-corrected chi connectivity index (χ0v) is 12.9.